The molecule has 2 aliphatic heterocycles. The van der Waals surface area contributed by atoms with Gasteiger partial charge in [0.05, 0.1) is 0 Å². The molecule has 2 aromatic rings. The summed E-state index contributed by atoms with van der Waals surface area (Å²) in [5, 5.41) is 1.04. The lowest BCUT2D eigenvalue weighted by Gasteiger charge is -2.34. The Kier molecular flexibility index (Phi) is 4.05. The molecule has 1 fully saturated rings. The van der Waals surface area contributed by atoms with Crippen LogP contribution >= 0.6 is 11.5 Å². The molecule has 6 nitrogen and oxygen atoms in total. The van der Waals surface area contributed by atoms with E-state index in [0.717, 1.165) is 55.2 Å². The zero-order valence-corrected chi connectivity index (χ0v) is 14.0. The van der Waals surface area contributed by atoms with Crippen molar-refractivity contribution < 1.29 is 9.47 Å². The molecule has 4 rings (SSSR count). The van der Waals surface area contributed by atoms with E-state index in [1.807, 2.05) is 13.0 Å². The van der Waals surface area contributed by atoms with Gasteiger partial charge in [0.2, 0.25) is 5.13 Å². The van der Waals surface area contributed by atoms with Crippen LogP contribution in [0.1, 0.15) is 11.4 Å². The van der Waals surface area contributed by atoms with Crippen LogP contribution in [-0.2, 0) is 6.54 Å². The number of hydrogen-bond donors (Lipinski definition) is 0. The monoisotopic (exact) mass is 332 g/mol. The van der Waals surface area contributed by atoms with Crippen molar-refractivity contribution in [3.63, 3.8) is 0 Å². The van der Waals surface area contributed by atoms with Crippen LogP contribution in [0.2, 0.25) is 0 Å². The normalized spacial score (nSPS) is 18.2. The van der Waals surface area contributed by atoms with Crippen LogP contribution < -0.4 is 14.4 Å². The average molecular weight is 332 g/mol. The van der Waals surface area contributed by atoms with Crippen LogP contribution in [0, 0.1) is 6.92 Å². The Hall–Kier alpha value is -1.86. The summed E-state index contributed by atoms with van der Waals surface area (Å²) in [7, 11) is 0. The smallest absolute Gasteiger partial charge is 0.205 e. The Morgan fingerprint density at radius 2 is 1.87 bits per heavy atom. The highest BCUT2D eigenvalue weighted by atomic mass is 32.1. The Morgan fingerprint density at radius 3 is 2.61 bits per heavy atom. The first-order chi connectivity index (χ1) is 11.3. The summed E-state index contributed by atoms with van der Waals surface area (Å²) in [5.41, 5.74) is 1.27. The van der Waals surface area contributed by atoms with Crippen LogP contribution in [0.15, 0.2) is 18.2 Å². The van der Waals surface area contributed by atoms with E-state index in [2.05, 4.69) is 31.3 Å². The molecule has 0 radical (unpaired) electrons. The molecule has 0 atom stereocenters. The van der Waals surface area contributed by atoms with Crippen LogP contribution in [-0.4, -0.2) is 53.7 Å². The van der Waals surface area contributed by atoms with Gasteiger partial charge in [-0.1, -0.05) is 6.07 Å². The number of piperazine rings is 1. The molecule has 0 amide bonds. The molecule has 1 saturated heterocycles. The fourth-order valence-corrected chi connectivity index (χ4v) is 3.68. The van der Waals surface area contributed by atoms with Crippen molar-refractivity contribution in [3.05, 3.63) is 29.6 Å². The first-order valence-corrected chi connectivity index (χ1v) is 8.71. The van der Waals surface area contributed by atoms with Crippen LogP contribution in [0.5, 0.6) is 11.5 Å². The number of anilines is 1. The van der Waals surface area contributed by atoms with Crippen molar-refractivity contribution >= 4 is 16.7 Å². The van der Waals surface area contributed by atoms with Crippen molar-refractivity contribution in [1.82, 2.24) is 14.3 Å². The predicted octanol–water partition coefficient (Wildman–Crippen LogP) is 1.94. The second-order valence-corrected chi connectivity index (χ2v) is 6.60. The van der Waals surface area contributed by atoms with Gasteiger partial charge in [0.1, 0.15) is 19.0 Å². The average Bonchev–Trinajstić information content (AvgIpc) is 3.02. The van der Waals surface area contributed by atoms with Gasteiger partial charge in [-0.2, -0.15) is 4.37 Å². The Morgan fingerprint density at radius 1 is 1.09 bits per heavy atom. The van der Waals surface area contributed by atoms with E-state index in [1.54, 1.807) is 0 Å². The lowest BCUT2D eigenvalue weighted by atomic mass is 10.1. The SMILES string of the molecule is Cc1nsc(N2CCN(Cc3ccc4c(c3)OCCO4)CC2)n1. The molecule has 7 heteroatoms. The minimum Gasteiger partial charge on any atom is -0.486 e. The fraction of sp³-hybridized carbons (Fsp3) is 0.500. The Labute approximate surface area is 139 Å². The highest BCUT2D eigenvalue weighted by Crippen LogP contribution is 2.31. The molecule has 0 spiro atoms. The molecule has 2 aliphatic rings. The summed E-state index contributed by atoms with van der Waals surface area (Å²) in [5.74, 6) is 2.59. The van der Waals surface area contributed by atoms with Gasteiger partial charge in [0.15, 0.2) is 11.5 Å². The largest absolute Gasteiger partial charge is 0.486 e. The quantitative estimate of drug-likeness (QED) is 0.856. The van der Waals surface area contributed by atoms with Crippen molar-refractivity contribution in [2.75, 3.05) is 44.3 Å². The first kappa shape index (κ1) is 14.7. The van der Waals surface area contributed by atoms with Gasteiger partial charge in [-0.05, 0) is 24.6 Å². The minimum absolute atomic E-state index is 0.635. The zero-order chi connectivity index (χ0) is 15.6. The highest BCUT2D eigenvalue weighted by molar-refractivity contribution is 7.09. The topological polar surface area (TPSA) is 50.7 Å². The summed E-state index contributed by atoms with van der Waals surface area (Å²) in [6.45, 7) is 8.23. The summed E-state index contributed by atoms with van der Waals surface area (Å²) >= 11 is 1.49. The maximum atomic E-state index is 5.66. The maximum absolute atomic E-state index is 5.66. The molecule has 0 bridgehead atoms. The van der Waals surface area contributed by atoms with Gasteiger partial charge in [-0.3, -0.25) is 4.90 Å². The molecular formula is C16H20N4O2S. The number of rotatable bonds is 3. The van der Waals surface area contributed by atoms with Crippen LogP contribution in [0.25, 0.3) is 0 Å². The van der Waals surface area contributed by atoms with Crippen LogP contribution in [0.3, 0.4) is 0 Å². The van der Waals surface area contributed by atoms with Crippen molar-refractivity contribution in [2.24, 2.45) is 0 Å². The summed E-state index contributed by atoms with van der Waals surface area (Å²) in [4.78, 5) is 9.27. The number of nitrogens with zero attached hydrogens (tertiary/aromatic N) is 4. The number of hydrogen-bond acceptors (Lipinski definition) is 7. The number of ether oxygens (including phenoxy) is 2. The third-order valence-corrected chi connectivity index (χ3v) is 5.04. The highest BCUT2D eigenvalue weighted by Gasteiger charge is 2.20. The molecule has 0 unspecified atom stereocenters. The second-order valence-electron chi connectivity index (χ2n) is 5.87. The van der Waals surface area contributed by atoms with Crippen molar-refractivity contribution in [3.8, 4) is 11.5 Å². The summed E-state index contributed by atoms with van der Waals surface area (Å²) in [6.07, 6.45) is 0. The molecular weight excluding hydrogens is 312 g/mol. The van der Waals surface area contributed by atoms with Crippen LogP contribution in [0.4, 0.5) is 5.13 Å². The molecule has 0 aliphatic carbocycles. The molecule has 1 aromatic carbocycles. The Balaban J connectivity index is 1.36. The second kappa shape index (κ2) is 6.33. The maximum Gasteiger partial charge on any atom is 0.205 e. The van der Waals surface area contributed by atoms with Crippen molar-refractivity contribution in [1.29, 1.82) is 0 Å². The number of aromatic nitrogens is 2. The van der Waals surface area contributed by atoms with Crippen molar-refractivity contribution in [2.45, 2.75) is 13.5 Å². The zero-order valence-electron chi connectivity index (χ0n) is 13.2. The van der Waals surface area contributed by atoms with Gasteiger partial charge < -0.3 is 14.4 Å². The molecule has 1 aromatic heterocycles. The number of benzene rings is 1. The minimum atomic E-state index is 0.635. The lowest BCUT2D eigenvalue weighted by molar-refractivity contribution is 0.171. The molecule has 122 valence electrons. The van der Waals surface area contributed by atoms with E-state index in [-0.39, 0.29) is 0 Å². The van der Waals surface area contributed by atoms with E-state index in [4.69, 9.17) is 9.47 Å². The molecule has 3 heterocycles. The van der Waals surface area contributed by atoms with E-state index in [9.17, 15) is 0 Å². The third-order valence-electron chi connectivity index (χ3n) is 4.17. The molecule has 0 saturated carbocycles. The third kappa shape index (κ3) is 3.25. The lowest BCUT2D eigenvalue weighted by Crippen LogP contribution is -2.45. The van der Waals surface area contributed by atoms with Gasteiger partial charge >= 0.3 is 0 Å². The summed E-state index contributed by atoms with van der Waals surface area (Å²) < 4.78 is 15.5. The van der Waals surface area contributed by atoms with Gasteiger partial charge in [0, 0.05) is 44.3 Å². The standard InChI is InChI=1S/C16H20N4O2S/c1-12-17-16(23-18-12)20-6-4-19(5-7-20)11-13-2-3-14-15(10-13)22-9-8-21-14/h2-3,10H,4-9,11H2,1H3. The first-order valence-electron chi connectivity index (χ1n) is 7.94. The number of fused-ring (bicyclic) bond motifs is 1. The van der Waals surface area contributed by atoms with Gasteiger partial charge in [0.25, 0.3) is 0 Å². The molecule has 0 N–H and O–H groups in total. The summed E-state index contributed by atoms with van der Waals surface area (Å²) in [6, 6.07) is 6.26. The number of aryl methyl sites for hydroxylation is 1. The van der Waals surface area contributed by atoms with E-state index in [0.29, 0.717) is 13.2 Å². The van der Waals surface area contributed by atoms with E-state index >= 15 is 0 Å². The fourth-order valence-electron chi connectivity index (χ4n) is 2.96. The van der Waals surface area contributed by atoms with Gasteiger partial charge in [-0.15, -0.1) is 0 Å². The van der Waals surface area contributed by atoms with Gasteiger partial charge in [-0.25, -0.2) is 4.98 Å². The van der Waals surface area contributed by atoms with E-state index in [1.165, 1.54) is 17.1 Å². The Bertz CT molecular complexity index is 682. The molecule has 23 heavy (non-hydrogen) atoms. The van der Waals surface area contributed by atoms with E-state index < -0.39 is 0 Å². The predicted molar refractivity (Wildman–Crippen MR) is 89.6 cm³/mol.